The number of para-hydroxylation sites is 1. The fourth-order valence-corrected chi connectivity index (χ4v) is 3.12. The second kappa shape index (κ2) is 6.36. The van der Waals surface area contributed by atoms with Crippen molar-refractivity contribution >= 4 is 17.5 Å². The van der Waals surface area contributed by atoms with Gasteiger partial charge in [-0.3, -0.25) is 4.79 Å². The van der Waals surface area contributed by atoms with Crippen molar-refractivity contribution in [2.75, 3.05) is 22.9 Å². The summed E-state index contributed by atoms with van der Waals surface area (Å²) in [7, 11) is 0. The summed E-state index contributed by atoms with van der Waals surface area (Å²) in [6, 6.07) is 9.92. The molecule has 0 radical (unpaired) electrons. The van der Waals surface area contributed by atoms with Crippen molar-refractivity contribution in [3.8, 4) is 0 Å². The topological polar surface area (TPSA) is 49.3 Å². The lowest BCUT2D eigenvalue weighted by Gasteiger charge is -2.23. The van der Waals surface area contributed by atoms with Gasteiger partial charge in [-0.2, -0.15) is 0 Å². The van der Waals surface area contributed by atoms with E-state index in [0.717, 1.165) is 25.2 Å². The second-order valence-electron chi connectivity index (χ2n) is 5.77. The number of carbonyl (C=O) groups excluding carboxylic acids is 1. The van der Waals surface area contributed by atoms with E-state index in [4.69, 9.17) is 0 Å². The Balaban J connectivity index is 1.93. The van der Waals surface area contributed by atoms with E-state index < -0.39 is 0 Å². The Morgan fingerprint density at radius 3 is 2.74 bits per heavy atom. The minimum Gasteiger partial charge on any atom is -0.341 e. The number of fused-ring (bicyclic) bond motifs is 1. The largest absolute Gasteiger partial charge is 0.341 e. The van der Waals surface area contributed by atoms with Crippen LogP contribution in [0.4, 0.5) is 11.6 Å². The van der Waals surface area contributed by atoms with Crippen molar-refractivity contribution in [3.63, 3.8) is 0 Å². The molecule has 1 aliphatic rings. The van der Waals surface area contributed by atoms with Crippen LogP contribution >= 0.6 is 0 Å². The zero-order chi connectivity index (χ0) is 16.4. The number of rotatable bonds is 4. The fraction of sp³-hybridized carbons (Fsp3) is 0.389. The maximum absolute atomic E-state index is 13.0. The summed E-state index contributed by atoms with van der Waals surface area (Å²) in [4.78, 5) is 25.7. The number of anilines is 2. The van der Waals surface area contributed by atoms with Gasteiger partial charge < -0.3 is 9.80 Å². The highest BCUT2D eigenvalue weighted by Gasteiger charge is 2.32. The third-order valence-electron chi connectivity index (χ3n) is 4.33. The Bertz CT molecular complexity index is 712. The lowest BCUT2D eigenvalue weighted by atomic mass is 10.1. The molecular weight excluding hydrogens is 288 g/mol. The molecule has 1 aromatic heterocycles. The molecule has 120 valence electrons. The number of aromatic nitrogens is 2. The quantitative estimate of drug-likeness (QED) is 0.871. The van der Waals surface area contributed by atoms with Gasteiger partial charge >= 0.3 is 0 Å². The Hall–Kier alpha value is -2.43. The molecule has 23 heavy (non-hydrogen) atoms. The molecule has 1 atom stereocenters. The zero-order valence-electron chi connectivity index (χ0n) is 13.9. The summed E-state index contributed by atoms with van der Waals surface area (Å²) in [5.74, 6) is 0.555. The molecule has 0 aliphatic carbocycles. The first-order chi connectivity index (χ1) is 11.2. The molecule has 5 nitrogen and oxygen atoms in total. The van der Waals surface area contributed by atoms with Crippen molar-refractivity contribution in [1.29, 1.82) is 0 Å². The van der Waals surface area contributed by atoms with Crippen molar-refractivity contribution < 1.29 is 4.79 Å². The number of hydrogen-bond acceptors (Lipinski definition) is 4. The van der Waals surface area contributed by atoms with Crippen LogP contribution in [0.3, 0.4) is 0 Å². The molecule has 1 amide bonds. The summed E-state index contributed by atoms with van der Waals surface area (Å²) in [6.45, 7) is 7.82. The van der Waals surface area contributed by atoms with Crippen LogP contribution in [-0.2, 0) is 6.42 Å². The molecule has 1 aliphatic heterocycles. The average molecular weight is 310 g/mol. The molecule has 0 saturated carbocycles. The van der Waals surface area contributed by atoms with Crippen LogP contribution in [0.5, 0.6) is 0 Å². The van der Waals surface area contributed by atoms with Crippen LogP contribution in [0.25, 0.3) is 0 Å². The van der Waals surface area contributed by atoms with Crippen molar-refractivity contribution in [1.82, 2.24) is 9.97 Å². The van der Waals surface area contributed by atoms with Crippen molar-refractivity contribution in [2.24, 2.45) is 0 Å². The first kappa shape index (κ1) is 15.5. The molecule has 1 unspecified atom stereocenters. The normalized spacial score (nSPS) is 16.3. The van der Waals surface area contributed by atoms with Gasteiger partial charge in [0.05, 0.1) is 0 Å². The monoisotopic (exact) mass is 310 g/mol. The summed E-state index contributed by atoms with van der Waals surface area (Å²) >= 11 is 0. The summed E-state index contributed by atoms with van der Waals surface area (Å²) in [5.41, 5.74) is 2.66. The molecule has 0 bridgehead atoms. The molecule has 0 N–H and O–H groups in total. The van der Waals surface area contributed by atoms with Crippen LogP contribution in [0.15, 0.2) is 36.5 Å². The Morgan fingerprint density at radius 2 is 2.00 bits per heavy atom. The van der Waals surface area contributed by atoms with Gasteiger partial charge in [-0.15, -0.1) is 0 Å². The average Bonchev–Trinajstić information content (AvgIpc) is 2.91. The first-order valence-corrected chi connectivity index (χ1v) is 8.15. The Kier molecular flexibility index (Phi) is 4.28. The lowest BCUT2D eigenvalue weighted by molar-refractivity contribution is 0.0976. The molecule has 0 fully saturated rings. The van der Waals surface area contributed by atoms with Gasteiger partial charge in [0, 0.05) is 31.0 Å². The number of nitrogens with zero attached hydrogens (tertiary/aromatic N) is 4. The van der Waals surface area contributed by atoms with E-state index in [1.54, 1.807) is 12.3 Å². The molecule has 2 heterocycles. The highest BCUT2D eigenvalue weighted by atomic mass is 16.2. The van der Waals surface area contributed by atoms with Gasteiger partial charge in [-0.1, -0.05) is 18.2 Å². The van der Waals surface area contributed by atoms with Crippen LogP contribution in [0.2, 0.25) is 0 Å². The first-order valence-electron chi connectivity index (χ1n) is 8.15. The minimum absolute atomic E-state index is 0.0572. The molecule has 2 aromatic rings. The van der Waals surface area contributed by atoms with Crippen LogP contribution in [0, 0.1) is 0 Å². The van der Waals surface area contributed by atoms with Crippen LogP contribution < -0.4 is 9.80 Å². The molecule has 0 spiro atoms. The molecule has 5 heteroatoms. The van der Waals surface area contributed by atoms with Gasteiger partial charge in [0.15, 0.2) is 0 Å². The van der Waals surface area contributed by atoms with E-state index >= 15 is 0 Å². The van der Waals surface area contributed by atoms with Gasteiger partial charge in [0.1, 0.15) is 5.69 Å². The number of benzene rings is 1. The van der Waals surface area contributed by atoms with E-state index in [-0.39, 0.29) is 11.9 Å². The molecular formula is C18H22N4O. The third-order valence-corrected chi connectivity index (χ3v) is 4.33. The smallest absolute Gasteiger partial charge is 0.277 e. The fourth-order valence-electron chi connectivity index (χ4n) is 3.12. The molecule has 3 rings (SSSR count). The minimum atomic E-state index is -0.0572. The van der Waals surface area contributed by atoms with Crippen molar-refractivity contribution in [2.45, 2.75) is 33.2 Å². The van der Waals surface area contributed by atoms with Gasteiger partial charge in [0.2, 0.25) is 5.95 Å². The number of amides is 1. The SMILES string of the molecule is CCN(CC)c1nccc(C(=O)N2c3ccccc3CC2C)n1. The predicted molar refractivity (Wildman–Crippen MR) is 92.0 cm³/mol. The highest BCUT2D eigenvalue weighted by molar-refractivity contribution is 6.06. The third kappa shape index (κ3) is 2.79. The van der Waals surface area contributed by atoms with Gasteiger partial charge in [-0.25, -0.2) is 9.97 Å². The standard InChI is InChI=1S/C18H22N4O/c1-4-21(5-2)18-19-11-10-15(20-18)17(23)22-13(3)12-14-8-6-7-9-16(14)22/h6-11,13H,4-5,12H2,1-3H3. The summed E-state index contributed by atoms with van der Waals surface area (Å²) in [5, 5.41) is 0. The second-order valence-corrected chi connectivity index (χ2v) is 5.77. The molecule has 1 aromatic carbocycles. The van der Waals surface area contributed by atoms with Gasteiger partial charge in [-0.05, 0) is 44.9 Å². The summed E-state index contributed by atoms with van der Waals surface area (Å²) in [6.07, 6.45) is 2.55. The Labute approximate surface area is 137 Å². The van der Waals surface area contributed by atoms with Crippen LogP contribution in [0.1, 0.15) is 36.8 Å². The van der Waals surface area contributed by atoms with Crippen LogP contribution in [-0.4, -0.2) is 35.0 Å². The lowest BCUT2D eigenvalue weighted by Crippen LogP contribution is -2.36. The van der Waals surface area contributed by atoms with Crippen molar-refractivity contribution in [3.05, 3.63) is 47.8 Å². The van der Waals surface area contributed by atoms with Gasteiger partial charge in [0.25, 0.3) is 5.91 Å². The van der Waals surface area contributed by atoms with E-state index in [1.165, 1.54) is 5.56 Å². The Morgan fingerprint density at radius 1 is 1.26 bits per heavy atom. The maximum atomic E-state index is 13.0. The van der Waals surface area contributed by atoms with E-state index in [0.29, 0.717) is 11.6 Å². The highest BCUT2D eigenvalue weighted by Crippen LogP contribution is 2.32. The number of hydrogen-bond donors (Lipinski definition) is 0. The van der Waals surface area contributed by atoms with E-state index in [1.807, 2.05) is 28.0 Å². The molecule has 0 saturated heterocycles. The summed E-state index contributed by atoms with van der Waals surface area (Å²) < 4.78 is 0. The number of carbonyl (C=O) groups is 1. The van der Waals surface area contributed by atoms with E-state index in [2.05, 4.69) is 36.8 Å². The zero-order valence-corrected chi connectivity index (χ0v) is 13.9. The van der Waals surface area contributed by atoms with E-state index in [9.17, 15) is 4.79 Å². The maximum Gasteiger partial charge on any atom is 0.277 e. The predicted octanol–water partition coefficient (Wildman–Crippen LogP) is 2.91.